The van der Waals surface area contributed by atoms with Gasteiger partial charge in [-0.15, -0.1) is 0 Å². The third-order valence-corrected chi connectivity index (χ3v) is 4.33. The van der Waals surface area contributed by atoms with Gasteiger partial charge in [-0.1, -0.05) is 0 Å². The molecule has 0 bridgehead atoms. The van der Waals surface area contributed by atoms with E-state index >= 15 is 0 Å². The molecule has 0 unspecified atom stereocenters. The van der Waals surface area contributed by atoms with Crippen molar-refractivity contribution in [3.05, 3.63) is 56.9 Å². The number of rotatable bonds is 3. The maximum absolute atomic E-state index is 13.5. The second-order valence-corrected chi connectivity index (χ2v) is 7.61. The van der Waals surface area contributed by atoms with Crippen LogP contribution < -0.4 is 16.1 Å². The monoisotopic (exact) mass is 402 g/mol. The van der Waals surface area contributed by atoms with Crippen molar-refractivity contribution >= 4 is 20.9 Å². The van der Waals surface area contributed by atoms with E-state index in [1.54, 1.807) is 4.83 Å². The Labute approximate surface area is 149 Å². The Morgan fingerprint density at radius 2 is 1.85 bits per heavy atom. The van der Waals surface area contributed by atoms with Crippen LogP contribution in [0.25, 0.3) is 22.2 Å². The first-order valence-corrected chi connectivity index (χ1v) is 9.27. The minimum Gasteiger partial charge on any atom is -0.351 e. The number of aromatic amines is 1. The summed E-state index contributed by atoms with van der Waals surface area (Å²) in [6.07, 6.45) is -2.48. The molecule has 0 saturated carbocycles. The van der Waals surface area contributed by atoms with Crippen LogP contribution in [-0.2, 0) is 23.2 Å². The number of hydrogen-bond donors (Lipinski definition) is 2. The molecule has 0 atom stereocenters. The van der Waals surface area contributed by atoms with E-state index in [1.165, 1.54) is 29.9 Å². The van der Waals surface area contributed by atoms with Crippen molar-refractivity contribution in [3.8, 4) is 11.3 Å². The summed E-state index contributed by atoms with van der Waals surface area (Å²) in [7, 11) is -2.44. The zero-order valence-corrected chi connectivity index (χ0v) is 14.8. The number of nitrogens with one attached hydrogen (secondary N) is 2. The van der Waals surface area contributed by atoms with Gasteiger partial charge in [0.15, 0.2) is 0 Å². The van der Waals surface area contributed by atoms with Gasteiger partial charge in [-0.05, 0) is 24.3 Å². The smallest absolute Gasteiger partial charge is 0.351 e. The highest BCUT2D eigenvalue weighted by molar-refractivity contribution is 7.91. The van der Waals surface area contributed by atoms with E-state index < -0.39 is 33.0 Å². The highest BCUT2D eigenvalue weighted by Gasteiger charge is 2.35. The quantitative estimate of drug-likeness (QED) is 0.687. The fourth-order valence-electron chi connectivity index (χ4n) is 2.70. The van der Waals surface area contributed by atoms with Crippen LogP contribution in [0.1, 0.15) is 5.56 Å². The number of halogens is 3. The lowest BCUT2D eigenvalue weighted by atomic mass is 10.0. The van der Waals surface area contributed by atoms with Gasteiger partial charge in [0.05, 0.1) is 22.7 Å². The largest absolute Gasteiger partial charge is 0.417 e. The molecule has 0 fully saturated rings. The van der Waals surface area contributed by atoms with Gasteiger partial charge in [0, 0.05) is 24.5 Å². The molecule has 0 aliphatic carbocycles. The summed E-state index contributed by atoms with van der Waals surface area (Å²) in [6.45, 7) is 0. The summed E-state index contributed by atoms with van der Waals surface area (Å²) >= 11 is 0. The third kappa shape index (κ3) is 3.47. The molecule has 8 nitrogen and oxygen atoms in total. The molecule has 0 radical (unpaired) electrons. The van der Waals surface area contributed by atoms with Gasteiger partial charge >= 0.3 is 11.9 Å². The van der Waals surface area contributed by atoms with Gasteiger partial charge in [0.25, 0.3) is 5.56 Å². The second kappa shape index (κ2) is 6.01. The Bertz CT molecular complexity index is 1270. The van der Waals surface area contributed by atoms with Crippen LogP contribution in [-0.4, -0.2) is 28.9 Å². The first-order valence-electron chi connectivity index (χ1n) is 7.38. The van der Waals surface area contributed by atoms with E-state index in [9.17, 15) is 31.2 Å². The first kappa shape index (κ1) is 18.8. The molecular formula is C15H13F3N4O4S. The SMILES string of the molecule is Cn1cccc1-c1cc2c(=O)n(NS(C)(=O)=O)c(=O)[nH]c2cc1C(F)(F)F. The van der Waals surface area contributed by atoms with E-state index in [-0.39, 0.29) is 26.8 Å². The number of aryl methyl sites for hydroxylation is 1. The Kier molecular flexibility index (Phi) is 4.18. The molecule has 27 heavy (non-hydrogen) atoms. The molecule has 0 aliphatic rings. The van der Waals surface area contributed by atoms with E-state index in [2.05, 4.69) is 4.98 Å². The summed E-state index contributed by atoms with van der Waals surface area (Å²) < 4.78 is 64.9. The number of benzene rings is 1. The van der Waals surface area contributed by atoms with Crippen LogP contribution in [0.5, 0.6) is 0 Å². The van der Waals surface area contributed by atoms with Gasteiger partial charge in [0.1, 0.15) is 0 Å². The zero-order chi connectivity index (χ0) is 20.1. The molecule has 2 heterocycles. The molecule has 3 rings (SSSR count). The Morgan fingerprint density at radius 3 is 2.37 bits per heavy atom. The van der Waals surface area contributed by atoms with Crippen molar-refractivity contribution in [2.45, 2.75) is 6.18 Å². The third-order valence-electron chi connectivity index (χ3n) is 3.82. The Balaban J connectivity index is 2.43. The number of alkyl halides is 3. The number of fused-ring (bicyclic) bond motifs is 1. The highest BCUT2D eigenvalue weighted by Crippen LogP contribution is 2.38. The van der Waals surface area contributed by atoms with Crippen molar-refractivity contribution in [1.29, 1.82) is 0 Å². The molecule has 0 spiro atoms. The predicted octanol–water partition coefficient (Wildman–Crippen LogP) is 1.22. The van der Waals surface area contributed by atoms with Gasteiger partial charge in [-0.25, -0.2) is 18.0 Å². The second-order valence-electron chi connectivity index (χ2n) is 5.88. The summed E-state index contributed by atoms with van der Waals surface area (Å²) in [4.78, 5) is 28.3. The molecule has 144 valence electrons. The number of sulfonamides is 1. The van der Waals surface area contributed by atoms with Crippen LogP contribution in [0.4, 0.5) is 13.2 Å². The first-order chi connectivity index (χ1) is 12.4. The standard InChI is InChI=1S/C15H13F3N4O4S/c1-21-5-3-4-12(21)8-6-9-11(7-10(8)15(16,17)18)19-14(24)22(13(9)23)20-27(2,25)26/h3-7,20H,1-2H3,(H,19,24). The average molecular weight is 402 g/mol. The van der Waals surface area contributed by atoms with E-state index in [1.807, 2.05) is 0 Å². The fourth-order valence-corrected chi connectivity index (χ4v) is 3.20. The van der Waals surface area contributed by atoms with E-state index in [0.717, 1.165) is 12.3 Å². The molecule has 3 aromatic rings. The molecule has 0 amide bonds. The molecule has 12 heteroatoms. The van der Waals surface area contributed by atoms with Crippen molar-refractivity contribution in [3.63, 3.8) is 0 Å². The van der Waals surface area contributed by atoms with Crippen LogP contribution in [0.3, 0.4) is 0 Å². The van der Waals surface area contributed by atoms with Crippen molar-refractivity contribution < 1.29 is 21.6 Å². The molecule has 2 aromatic heterocycles. The topological polar surface area (TPSA) is 106 Å². The molecule has 1 aromatic carbocycles. The molecule has 0 saturated heterocycles. The van der Waals surface area contributed by atoms with Crippen molar-refractivity contribution in [2.24, 2.45) is 7.05 Å². The Hall–Kier alpha value is -3.02. The van der Waals surface area contributed by atoms with Crippen LogP contribution in [0, 0.1) is 0 Å². The van der Waals surface area contributed by atoms with Gasteiger partial charge < -0.3 is 9.55 Å². The van der Waals surface area contributed by atoms with Crippen molar-refractivity contribution in [1.82, 2.24) is 14.2 Å². The summed E-state index contributed by atoms with van der Waals surface area (Å²) in [5.41, 5.74) is -3.79. The van der Waals surface area contributed by atoms with Gasteiger partial charge in [-0.3, -0.25) is 4.79 Å². The van der Waals surface area contributed by atoms with Crippen LogP contribution in [0.15, 0.2) is 40.1 Å². The van der Waals surface area contributed by atoms with Gasteiger partial charge in [0.2, 0.25) is 10.0 Å². The lowest BCUT2D eigenvalue weighted by Gasteiger charge is -2.15. The molecular weight excluding hydrogens is 389 g/mol. The maximum atomic E-state index is 13.5. The van der Waals surface area contributed by atoms with Crippen LogP contribution in [0.2, 0.25) is 0 Å². The van der Waals surface area contributed by atoms with Gasteiger partial charge in [-0.2, -0.15) is 17.8 Å². The van der Waals surface area contributed by atoms with Crippen LogP contribution >= 0.6 is 0 Å². The summed E-state index contributed by atoms with van der Waals surface area (Å²) in [5.74, 6) is 0. The molecule has 2 N–H and O–H groups in total. The highest BCUT2D eigenvalue weighted by atomic mass is 32.2. The molecule has 0 aliphatic heterocycles. The van der Waals surface area contributed by atoms with Crippen molar-refractivity contribution in [2.75, 3.05) is 11.1 Å². The number of nitrogens with zero attached hydrogens (tertiary/aromatic N) is 2. The average Bonchev–Trinajstić information content (AvgIpc) is 2.94. The maximum Gasteiger partial charge on any atom is 0.417 e. The lowest BCUT2D eigenvalue weighted by Crippen LogP contribution is -2.43. The minimum atomic E-state index is -4.75. The number of hydrogen-bond acceptors (Lipinski definition) is 4. The minimum absolute atomic E-state index is 0.192. The normalized spacial score (nSPS) is 12.5. The number of aromatic nitrogens is 3. The lowest BCUT2D eigenvalue weighted by molar-refractivity contribution is -0.137. The fraction of sp³-hybridized carbons (Fsp3) is 0.200. The van der Waals surface area contributed by atoms with E-state index in [0.29, 0.717) is 6.07 Å². The number of H-pyrrole nitrogens is 1. The summed E-state index contributed by atoms with van der Waals surface area (Å²) in [6, 6.07) is 4.61. The van der Waals surface area contributed by atoms with E-state index in [4.69, 9.17) is 0 Å². The Morgan fingerprint density at radius 1 is 1.19 bits per heavy atom. The summed E-state index contributed by atoms with van der Waals surface area (Å²) in [5, 5.41) is -0.282. The predicted molar refractivity (Wildman–Crippen MR) is 92.4 cm³/mol. The zero-order valence-electron chi connectivity index (χ0n) is 14.0.